The average molecular weight is 364 g/mol. The summed E-state index contributed by atoms with van der Waals surface area (Å²) in [5.41, 5.74) is 2.60. The summed E-state index contributed by atoms with van der Waals surface area (Å²) >= 11 is 1.34. The Morgan fingerprint density at radius 1 is 1.24 bits per heavy atom. The molecule has 5 nitrogen and oxygen atoms in total. The molecule has 2 rings (SSSR count). The average Bonchev–Trinajstić information content (AvgIpc) is 2.81. The van der Waals surface area contributed by atoms with Gasteiger partial charge in [0, 0.05) is 10.6 Å². The minimum absolute atomic E-state index is 0.00470. The Balaban J connectivity index is 2.08. The predicted octanol–water partition coefficient (Wildman–Crippen LogP) is 4.04. The van der Waals surface area contributed by atoms with Gasteiger partial charge in [-0.2, -0.15) is 0 Å². The number of hydrogen-bond acceptors (Lipinski definition) is 5. The number of nitrogens with one attached hydrogen (secondary N) is 2. The molecule has 0 spiro atoms. The molecule has 1 aromatic carbocycles. The predicted molar refractivity (Wildman–Crippen MR) is 98.0 cm³/mol. The van der Waals surface area contributed by atoms with Gasteiger partial charge in [-0.05, 0) is 57.0 Å². The Hall–Kier alpha value is -2.41. The minimum Gasteiger partial charge on any atom is -0.462 e. The molecule has 0 atom stereocenters. The number of benzene rings is 1. The van der Waals surface area contributed by atoms with E-state index >= 15 is 0 Å². The number of esters is 1. The molecule has 0 saturated carbocycles. The first-order valence-corrected chi connectivity index (χ1v) is 8.72. The van der Waals surface area contributed by atoms with E-state index in [0.29, 0.717) is 21.8 Å². The largest absolute Gasteiger partial charge is 0.462 e. The molecule has 0 radical (unpaired) electrons. The summed E-state index contributed by atoms with van der Waals surface area (Å²) in [6, 6.07) is 4.31. The van der Waals surface area contributed by atoms with Crippen molar-refractivity contribution in [3.05, 3.63) is 45.6 Å². The Kier molecular flexibility index (Phi) is 6.14. The summed E-state index contributed by atoms with van der Waals surface area (Å²) < 4.78 is 18.2. The number of amides is 1. The zero-order valence-electron chi connectivity index (χ0n) is 14.7. The highest BCUT2D eigenvalue weighted by Gasteiger charge is 2.21. The summed E-state index contributed by atoms with van der Waals surface area (Å²) in [6.07, 6.45) is 0. The lowest BCUT2D eigenvalue weighted by molar-refractivity contribution is -0.114. The van der Waals surface area contributed by atoms with Crippen LogP contribution in [0.25, 0.3) is 0 Å². The third-order valence-corrected chi connectivity index (χ3v) is 4.87. The van der Waals surface area contributed by atoms with Crippen molar-refractivity contribution in [2.75, 3.05) is 23.8 Å². The van der Waals surface area contributed by atoms with E-state index in [0.717, 1.165) is 10.4 Å². The molecule has 1 amide bonds. The maximum absolute atomic E-state index is 13.1. The first-order chi connectivity index (χ1) is 11.8. The molecule has 0 aliphatic heterocycles. The Morgan fingerprint density at radius 2 is 1.96 bits per heavy atom. The maximum Gasteiger partial charge on any atom is 0.341 e. The summed E-state index contributed by atoms with van der Waals surface area (Å²) in [6.45, 7) is 7.48. The van der Waals surface area contributed by atoms with E-state index in [-0.39, 0.29) is 24.9 Å². The molecule has 7 heteroatoms. The van der Waals surface area contributed by atoms with Gasteiger partial charge in [-0.3, -0.25) is 4.79 Å². The Bertz CT molecular complexity index is 802. The van der Waals surface area contributed by atoms with E-state index in [1.54, 1.807) is 19.9 Å². The van der Waals surface area contributed by atoms with E-state index in [1.807, 2.05) is 13.8 Å². The fourth-order valence-electron chi connectivity index (χ4n) is 2.34. The molecule has 2 N–H and O–H groups in total. The van der Waals surface area contributed by atoms with Crippen molar-refractivity contribution >= 4 is 33.9 Å². The van der Waals surface area contributed by atoms with Gasteiger partial charge in [-0.25, -0.2) is 9.18 Å². The van der Waals surface area contributed by atoms with Crippen molar-refractivity contribution in [2.45, 2.75) is 27.7 Å². The van der Waals surface area contributed by atoms with Crippen LogP contribution in [0.5, 0.6) is 0 Å². The van der Waals surface area contributed by atoms with Crippen molar-refractivity contribution < 1.29 is 18.7 Å². The third-order valence-electron chi connectivity index (χ3n) is 3.75. The molecule has 1 aromatic heterocycles. The van der Waals surface area contributed by atoms with Gasteiger partial charge in [-0.15, -0.1) is 11.3 Å². The highest BCUT2D eigenvalue weighted by atomic mass is 32.1. The van der Waals surface area contributed by atoms with E-state index in [9.17, 15) is 14.0 Å². The topological polar surface area (TPSA) is 67.4 Å². The zero-order valence-corrected chi connectivity index (χ0v) is 15.5. The number of carbonyl (C=O) groups is 2. The molecule has 2 aromatic rings. The quantitative estimate of drug-likeness (QED) is 0.759. The van der Waals surface area contributed by atoms with Crippen LogP contribution >= 0.6 is 11.3 Å². The fourth-order valence-corrected chi connectivity index (χ4v) is 3.40. The number of thiophene rings is 1. The van der Waals surface area contributed by atoms with Crippen molar-refractivity contribution in [1.29, 1.82) is 0 Å². The van der Waals surface area contributed by atoms with Crippen molar-refractivity contribution in [2.24, 2.45) is 0 Å². The van der Waals surface area contributed by atoms with Crippen molar-refractivity contribution in [1.82, 2.24) is 0 Å². The van der Waals surface area contributed by atoms with Gasteiger partial charge in [0.05, 0.1) is 18.7 Å². The number of aryl methyl sites for hydroxylation is 2. The zero-order chi connectivity index (χ0) is 18.6. The fraction of sp³-hybridized carbons (Fsp3) is 0.333. The van der Waals surface area contributed by atoms with Crippen LogP contribution in [0.15, 0.2) is 18.2 Å². The van der Waals surface area contributed by atoms with Gasteiger partial charge in [0.1, 0.15) is 10.8 Å². The van der Waals surface area contributed by atoms with Crippen LogP contribution < -0.4 is 10.6 Å². The normalized spacial score (nSPS) is 10.4. The second-order valence-electron chi connectivity index (χ2n) is 5.57. The first-order valence-electron chi connectivity index (χ1n) is 7.90. The molecular formula is C18H21FN2O3S. The molecule has 25 heavy (non-hydrogen) atoms. The van der Waals surface area contributed by atoms with E-state index in [2.05, 4.69) is 10.6 Å². The van der Waals surface area contributed by atoms with Crippen LogP contribution in [-0.4, -0.2) is 25.0 Å². The molecule has 0 aliphatic rings. The number of hydrogen-bond donors (Lipinski definition) is 2. The number of rotatable bonds is 6. The number of carbonyl (C=O) groups excluding carboxylic acids is 2. The van der Waals surface area contributed by atoms with Crippen LogP contribution in [0.4, 0.5) is 15.1 Å². The Morgan fingerprint density at radius 3 is 2.60 bits per heavy atom. The lowest BCUT2D eigenvalue weighted by Gasteiger charge is -2.10. The van der Waals surface area contributed by atoms with Crippen molar-refractivity contribution in [3.63, 3.8) is 0 Å². The number of anilines is 2. The molecule has 1 heterocycles. The Labute approximate surface area is 150 Å². The van der Waals surface area contributed by atoms with E-state index in [1.165, 1.54) is 23.5 Å². The summed E-state index contributed by atoms with van der Waals surface area (Å²) in [4.78, 5) is 25.3. The van der Waals surface area contributed by atoms with Gasteiger partial charge in [0.25, 0.3) is 0 Å². The lowest BCUT2D eigenvalue weighted by atomic mass is 10.1. The van der Waals surface area contributed by atoms with Gasteiger partial charge in [-0.1, -0.05) is 0 Å². The summed E-state index contributed by atoms with van der Waals surface area (Å²) in [5, 5.41) is 6.20. The van der Waals surface area contributed by atoms with Gasteiger partial charge >= 0.3 is 5.97 Å². The van der Waals surface area contributed by atoms with Crippen LogP contribution in [0.2, 0.25) is 0 Å². The third kappa shape index (κ3) is 4.57. The highest BCUT2D eigenvalue weighted by Crippen LogP contribution is 2.33. The summed E-state index contributed by atoms with van der Waals surface area (Å²) in [5.74, 6) is -1.06. The molecular weight excluding hydrogens is 343 g/mol. The molecule has 0 bridgehead atoms. The molecule has 0 unspecified atom stereocenters. The number of ether oxygens (including phenoxy) is 1. The highest BCUT2D eigenvalue weighted by molar-refractivity contribution is 7.16. The summed E-state index contributed by atoms with van der Waals surface area (Å²) in [7, 11) is 0. The lowest BCUT2D eigenvalue weighted by Crippen LogP contribution is -2.22. The second-order valence-corrected chi connectivity index (χ2v) is 6.79. The van der Waals surface area contributed by atoms with Gasteiger partial charge in [0.2, 0.25) is 5.91 Å². The standard InChI is InChI=1S/C18H21FN2O3S/c1-5-24-18(23)16-11(3)12(4)25-17(16)21-15(22)9-20-14-7-6-13(19)8-10(14)2/h6-8,20H,5,9H2,1-4H3,(H,21,22). The molecule has 134 valence electrons. The maximum atomic E-state index is 13.1. The van der Waals surface area contributed by atoms with E-state index < -0.39 is 5.97 Å². The van der Waals surface area contributed by atoms with Crippen LogP contribution in [0.3, 0.4) is 0 Å². The van der Waals surface area contributed by atoms with Crippen LogP contribution in [-0.2, 0) is 9.53 Å². The number of halogens is 1. The van der Waals surface area contributed by atoms with Crippen molar-refractivity contribution in [3.8, 4) is 0 Å². The van der Waals surface area contributed by atoms with Crippen LogP contribution in [0.1, 0.15) is 33.3 Å². The smallest absolute Gasteiger partial charge is 0.341 e. The van der Waals surface area contributed by atoms with E-state index in [4.69, 9.17) is 4.74 Å². The molecule has 0 aliphatic carbocycles. The molecule has 0 fully saturated rings. The first kappa shape index (κ1) is 18.9. The minimum atomic E-state index is -0.443. The monoisotopic (exact) mass is 364 g/mol. The van der Waals surface area contributed by atoms with Crippen LogP contribution in [0, 0.1) is 26.6 Å². The second kappa shape index (κ2) is 8.11. The molecule has 0 saturated heterocycles. The SMILES string of the molecule is CCOC(=O)c1c(NC(=O)CNc2ccc(F)cc2C)sc(C)c1C. The van der Waals surface area contributed by atoms with Gasteiger partial charge < -0.3 is 15.4 Å². The van der Waals surface area contributed by atoms with Gasteiger partial charge in [0.15, 0.2) is 0 Å².